The van der Waals surface area contributed by atoms with Crippen molar-refractivity contribution in [3.05, 3.63) is 41.7 Å². The van der Waals surface area contributed by atoms with Gasteiger partial charge >= 0.3 is 6.09 Å². The highest BCUT2D eigenvalue weighted by molar-refractivity contribution is 5.94. The third-order valence-corrected chi connectivity index (χ3v) is 4.67. The third-order valence-electron chi connectivity index (χ3n) is 4.67. The highest BCUT2D eigenvalue weighted by Crippen LogP contribution is 2.37. The molecule has 0 aliphatic carbocycles. The SMILES string of the molecule is COc1c(F)cc2cc1C(C)OC(=O)NCCCOc1ccc3[nH]nc-2c3c1. The van der Waals surface area contributed by atoms with Gasteiger partial charge in [0, 0.05) is 23.1 Å². The molecule has 4 rings (SSSR count). The highest BCUT2D eigenvalue weighted by Gasteiger charge is 2.22. The topological polar surface area (TPSA) is 85.5 Å². The van der Waals surface area contributed by atoms with Gasteiger partial charge in [-0.25, -0.2) is 9.18 Å². The monoisotopic (exact) mass is 385 g/mol. The zero-order valence-electron chi connectivity index (χ0n) is 15.5. The van der Waals surface area contributed by atoms with Crippen molar-refractivity contribution in [3.8, 4) is 22.8 Å². The summed E-state index contributed by atoms with van der Waals surface area (Å²) in [5, 5.41) is 10.8. The number of cyclic esters (lactones) is 1. The molecule has 1 atom stereocenters. The standard InChI is InChI=1S/C20H20FN3O4/c1-11-14-8-12(9-16(21)19(14)26-2)18-15-10-13(4-5-17(15)23-24-18)27-7-3-6-22-20(25)28-11/h4-5,8-11H,3,6-7H2,1-2H3,(H,22,25)(H,23,24). The molecule has 0 spiro atoms. The number of hydrogen-bond acceptors (Lipinski definition) is 5. The molecule has 0 radical (unpaired) electrons. The van der Waals surface area contributed by atoms with Crippen molar-refractivity contribution >= 4 is 17.0 Å². The minimum atomic E-state index is -0.716. The van der Waals surface area contributed by atoms with Crippen LogP contribution in [-0.4, -0.2) is 36.6 Å². The lowest BCUT2D eigenvalue weighted by atomic mass is 10.0. The fourth-order valence-corrected chi connectivity index (χ4v) is 3.29. The average Bonchev–Trinajstić information content (AvgIpc) is 3.09. The lowest BCUT2D eigenvalue weighted by molar-refractivity contribution is 0.105. The molecule has 3 aromatic rings. The van der Waals surface area contributed by atoms with Gasteiger partial charge in [0.25, 0.3) is 0 Å². The van der Waals surface area contributed by atoms with Crippen molar-refractivity contribution in [1.82, 2.24) is 15.5 Å². The molecule has 0 fully saturated rings. The van der Waals surface area contributed by atoms with Gasteiger partial charge in [0.05, 0.1) is 19.2 Å². The Morgan fingerprint density at radius 3 is 2.96 bits per heavy atom. The molecule has 1 aliphatic heterocycles. The van der Waals surface area contributed by atoms with Crippen LogP contribution in [0, 0.1) is 5.82 Å². The van der Waals surface area contributed by atoms with Crippen LogP contribution in [0.1, 0.15) is 25.0 Å². The summed E-state index contributed by atoms with van der Waals surface area (Å²) in [7, 11) is 1.38. The van der Waals surface area contributed by atoms with E-state index in [9.17, 15) is 9.18 Å². The summed E-state index contributed by atoms with van der Waals surface area (Å²) in [4.78, 5) is 12.0. The van der Waals surface area contributed by atoms with Crippen LogP contribution in [0.3, 0.4) is 0 Å². The number of halogens is 1. The Labute approximate surface area is 160 Å². The lowest BCUT2D eigenvalue weighted by Gasteiger charge is -2.18. The Morgan fingerprint density at radius 2 is 2.14 bits per heavy atom. The van der Waals surface area contributed by atoms with Crippen LogP contribution >= 0.6 is 0 Å². The number of ether oxygens (including phenoxy) is 3. The number of alkyl carbamates (subject to hydrolysis) is 1. The van der Waals surface area contributed by atoms with Crippen molar-refractivity contribution in [3.63, 3.8) is 0 Å². The summed E-state index contributed by atoms with van der Waals surface area (Å²) in [5.41, 5.74) is 2.36. The first-order chi connectivity index (χ1) is 13.6. The molecule has 0 saturated heterocycles. The molecule has 4 bridgehead atoms. The van der Waals surface area contributed by atoms with Gasteiger partial charge in [-0.2, -0.15) is 5.10 Å². The number of aromatic amines is 1. The average molecular weight is 385 g/mol. The van der Waals surface area contributed by atoms with Gasteiger partial charge in [-0.3, -0.25) is 5.10 Å². The van der Waals surface area contributed by atoms with E-state index >= 15 is 0 Å². The first kappa shape index (κ1) is 18.1. The van der Waals surface area contributed by atoms with E-state index in [4.69, 9.17) is 14.2 Å². The summed E-state index contributed by atoms with van der Waals surface area (Å²) in [6.07, 6.45) is -0.685. The van der Waals surface area contributed by atoms with Gasteiger partial charge < -0.3 is 19.5 Å². The minimum Gasteiger partial charge on any atom is -0.494 e. The first-order valence-electron chi connectivity index (χ1n) is 9.00. The van der Waals surface area contributed by atoms with E-state index in [1.165, 1.54) is 13.2 Å². The molecule has 7 nitrogen and oxygen atoms in total. The Kier molecular flexibility index (Phi) is 4.77. The van der Waals surface area contributed by atoms with Crippen LogP contribution in [-0.2, 0) is 4.74 Å². The van der Waals surface area contributed by atoms with E-state index in [0.717, 1.165) is 10.9 Å². The Morgan fingerprint density at radius 1 is 1.29 bits per heavy atom. The van der Waals surface area contributed by atoms with Crippen LogP contribution < -0.4 is 14.8 Å². The first-order valence-corrected chi connectivity index (χ1v) is 9.00. The molecular weight excluding hydrogens is 365 g/mol. The van der Waals surface area contributed by atoms with E-state index < -0.39 is 18.0 Å². The lowest BCUT2D eigenvalue weighted by Crippen LogP contribution is -2.27. The molecule has 1 unspecified atom stereocenters. The molecule has 1 aromatic heterocycles. The largest absolute Gasteiger partial charge is 0.494 e. The number of amides is 1. The number of carbonyl (C=O) groups is 1. The van der Waals surface area contributed by atoms with E-state index in [2.05, 4.69) is 15.5 Å². The van der Waals surface area contributed by atoms with Gasteiger partial charge in [-0.15, -0.1) is 0 Å². The van der Waals surface area contributed by atoms with Crippen molar-refractivity contribution < 1.29 is 23.4 Å². The predicted molar refractivity (Wildman–Crippen MR) is 101 cm³/mol. The number of aromatic nitrogens is 2. The van der Waals surface area contributed by atoms with E-state index in [1.807, 2.05) is 18.2 Å². The van der Waals surface area contributed by atoms with Crippen molar-refractivity contribution in [2.24, 2.45) is 0 Å². The van der Waals surface area contributed by atoms with Crippen LogP contribution in [0.2, 0.25) is 0 Å². The number of methoxy groups -OCH3 is 1. The smallest absolute Gasteiger partial charge is 0.407 e. The maximum absolute atomic E-state index is 14.8. The molecule has 1 amide bonds. The molecular formula is C20H20FN3O4. The van der Waals surface area contributed by atoms with Crippen molar-refractivity contribution in [1.29, 1.82) is 0 Å². The number of nitrogens with zero attached hydrogens (tertiary/aromatic N) is 1. The number of nitrogens with one attached hydrogen (secondary N) is 2. The molecule has 1 aliphatic rings. The molecule has 146 valence electrons. The van der Waals surface area contributed by atoms with Crippen LogP contribution in [0.15, 0.2) is 30.3 Å². The number of rotatable bonds is 1. The second kappa shape index (κ2) is 7.38. The molecule has 2 N–H and O–H groups in total. The summed E-state index contributed by atoms with van der Waals surface area (Å²) in [6.45, 7) is 2.50. The third kappa shape index (κ3) is 3.33. The second-order valence-electron chi connectivity index (χ2n) is 6.54. The summed E-state index contributed by atoms with van der Waals surface area (Å²) in [5.74, 6) is 0.158. The highest BCUT2D eigenvalue weighted by atomic mass is 19.1. The quantitative estimate of drug-likeness (QED) is 0.663. The van der Waals surface area contributed by atoms with Gasteiger partial charge in [0.15, 0.2) is 11.6 Å². The number of H-pyrrole nitrogens is 1. The fourth-order valence-electron chi connectivity index (χ4n) is 3.29. The van der Waals surface area contributed by atoms with Crippen LogP contribution in [0.25, 0.3) is 22.2 Å². The van der Waals surface area contributed by atoms with Crippen LogP contribution in [0.4, 0.5) is 9.18 Å². The fraction of sp³-hybridized carbons (Fsp3) is 0.300. The number of fused-ring (bicyclic) bond motifs is 4. The summed E-state index contributed by atoms with van der Waals surface area (Å²) < 4.78 is 31.1. The minimum absolute atomic E-state index is 0.0391. The van der Waals surface area contributed by atoms with Crippen LogP contribution in [0.5, 0.6) is 11.5 Å². The molecule has 0 saturated carbocycles. The van der Waals surface area contributed by atoms with Gasteiger partial charge in [0.1, 0.15) is 17.5 Å². The number of carbonyl (C=O) groups excluding carboxylic acids is 1. The van der Waals surface area contributed by atoms with Gasteiger partial charge in [-0.05, 0) is 43.7 Å². The summed E-state index contributed by atoms with van der Waals surface area (Å²) >= 11 is 0. The van der Waals surface area contributed by atoms with Gasteiger partial charge in [0.2, 0.25) is 0 Å². The molecule has 2 heterocycles. The molecule has 28 heavy (non-hydrogen) atoms. The van der Waals surface area contributed by atoms with E-state index in [0.29, 0.717) is 42.1 Å². The Balaban J connectivity index is 1.89. The molecule has 8 heteroatoms. The van der Waals surface area contributed by atoms with Gasteiger partial charge in [-0.1, -0.05) is 0 Å². The van der Waals surface area contributed by atoms with E-state index in [-0.39, 0.29) is 5.75 Å². The zero-order chi connectivity index (χ0) is 19.7. The maximum atomic E-state index is 14.8. The second-order valence-corrected chi connectivity index (χ2v) is 6.54. The Bertz CT molecular complexity index is 1030. The number of hydrogen-bond donors (Lipinski definition) is 2. The predicted octanol–water partition coefficient (Wildman–Crippen LogP) is 3.95. The molecule has 2 aromatic carbocycles. The Hall–Kier alpha value is -3.29. The zero-order valence-corrected chi connectivity index (χ0v) is 15.5. The number of benzene rings is 2. The van der Waals surface area contributed by atoms with E-state index in [1.54, 1.807) is 13.0 Å². The van der Waals surface area contributed by atoms with Crippen molar-refractivity contribution in [2.45, 2.75) is 19.4 Å². The van der Waals surface area contributed by atoms with Crippen molar-refractivity contribution in [2.75, 3.05) is 20.3 Å². The maximum Gasteiger partial charge on any atom is 0.407 e. The normalized spacial score (nSPS) is 17.2. The summed E-state index contributed by atoms with van der Waals surface area (Å²) in [6, 6.07) is 8.66.